The van der Waals surface area contributed by atoms with Crippen molar-refractivity contribution in [3.05, 3.63) is 85.5 Å². The maximum Gasteiger partial charge on any atom is 0.177 e. The zero-order valence-electron chi connectivity index (χ0n) is 12.5. The van der Waals surface area contributed by atoms with E-state index in [4.69, 9.17) is 0 Å². The van der Waals surface area contributed by atoms with Gasteiger partial charge in [-0.3, -0.25) is 0 Å². The summed E-state index contributed by atoms with van der Waals surface area (Å²) in [5, 5.41) is 12.1. The molecule has 1 N–H and O–H groups in total. The Morgan fingerprint density at radius 2 is 1.57 bits per heavy atom. The average Bonchev–Trinajstić information content (AvgIpc) is 3.10. The molecule has 0 saturated heterocycles. The average molecular weight is 324 g/mol. The van der Waals surface area contributed by atoms with Crippen molar-refractivity contribution in [1.29, 1.82) is 0 Å². The van der Waals surface area contributed by atoms with Crippen molar-refractivity contribution in [2.75, 3.05) is 0 Å². The summed E-state index contributed by atoms with van der Waals surface area (Å²) in [4.78, 5) is 4.17. The van der Waals surface area contributed by atoms with Gasteiger partial charge in [0, 0.05) is 29.2 Å². The monoisotopic (exact) mass is 324 g/mol. The summed E-state index contributed by atoms with van der Waals surface area (Å²) >= 11 is 0. The van der Waals surface area contributed by atoms with E-state index < -0.39 is 13.0 Å². The second-order valence-electron chi connectivity index (χ2n) is 5.08. The van der Waals surface area contributed by atoms with Gasteiger partial charge in [0.2, 0.25) is 0 Å². The first-order chi connectivity index (χ1) is 11.2. The molecule has 23 heavy (non-hydrogen) atoms. The number of benzene rings is 2. The van der Waals surface area contributed by atoms with Gasteiger partial charge in [-0.15, -0.1) is 0 Å². The minimum Gasteiger partial charge on any atom is -0.377 e. The summed E-state index contributed by atoms with van der Waals surface area (Å²) in [5.41, 5.74) is 0. The van der Waals surface area contributed by atoms with Gasteiger partial charge in [-0.1, -0.05) is 67.2 Å². The fourth-order valence-corrected chi connectivity index (χ4v) is 5.19. The number of aliphatic hydroxyl groups is 1. The van der Waals surface area contributed by atoms with Gasteiger partial charge in [0.15, 0.2) is 13.0 Å². The fraction of sp³-hybridized carbons (Fsp3) is 0.0556. The smallest absolute Gasteiger partial charge is 0.177 e. The Morgan fingerprint density at radius 1 is 1.04 bits per heavy atom. The molecule has 3 rings (SSSR count). The van der Waals surface area contributed by atoms with E-state index in [-0.39, 0.29) is 0 Å². The second-order valence-corrected chi connectivity index (χ2v) is 7.92. The third kappa shape index (κ3) is 2.67. The lowest BCUT2D eigenvalue weighted by Crippen LogP contribution is -2.22. The molecule has 0 aliphatic rings. The fourth-order valence-electron chi connectivity index (χ4n) is 2.57. The summed E-state index contributed by atoms with van der Waals surface area (Å²) in [6, 6.07) is 18.1. The lowest BCUT2D eigenvalue weighted by atomic mass is 10.4. The van der Waals surface area contributed by atoms with Crippen molar-refractivity contribution in [3.8, 4) is 0 Å². The maximum absolute atomic E-state index is 13.9. The van der Waals surface area contributed by atoms with E-state index in [1.807, 2.05) is 36.4 Å². The normalized spacial score (nSPS) is 12.7. The zero-order valence-corrected chi connectivity index (χ0v) is 13.4. The molecule has 1 unspecified atom stereocenters. The highest BCUT2D eigenvalue weighted by Gasteiger charge is 2.38. The van der Waals surface area contributed by atoms with Crippen LogP contribution in [0, 0.1) is 0 Å². The lowest BCUT2D eigenvalue weighted by Gasteiger charge is -2.24. The first-order valence-corrected chi connectivity index (χ1v) is 9.00. The van der Waals surface area contributed by atoms with E-state index in [9.17, 15) is 9.67 Å². The molecule has 116 valence electrons. The summed E-state index contributed by atoms with van der Waals surface area (Å²) in [6.07, 6.45) is 4.76. The van der Waals surface area contributed by atoms with E-state index in [1.165, 1.54) is 6.20 Å². The molecule has 1 heterocycles. The van der Waals surface area contributed by atoms with Crippen molar-refractivity contribution >= 4 is 24.0 Å². The van der Waals surface area contributed by atoms with E-state index in [2.05, 4.69) is 11.6 Å². The summed E-state index contributed by atoms with van der Waals surface area (Å²) in [6.45, 7) is 3.70. The molecule has 0 aliphatic carbocycles. The predicted octanol–water partition coefficient (Wildman–Crippen LogP) is 2.99. The molecular formula is C18H17N2O2P. The van der Waals surface area contributed by atoms with Gasteiger partial charge >= 0.3 is 0 Å². The van der Waals surface area contributed by atoms with E-state index in [0.717, 1.165) is 0 Å². The van der Waals surface area contributed by atoms with E-state index in [1.54, 1.807) is 41.2 Å². The Morgan fingerprint density at radius 3 is 2.04 bits per heavy atom. The molecule has 0 fully saturated rings. The molecule has 0 radical (unpaired) electrons. The summed E-state index contributed by atoms with van der Waals surface area (Å²) in [5.74, 6) is -0.934. The standard InChI is InChI=1S/C18H17N2O2P/c1-2-20-14-13-19-17(20)18(21)23(22,15-9-5-3-6-10-15)16-11-7-4-8-12-16/h2-14,18,21H,1H2. The molecule has 3 aromatic rings. The minimum atomic E-state index is -3.32. The van der Waals surface area contributed by atoms with Crippen molar-refractivity contribution in [1.82, 2.24) is 9.55 Å². The number of hydrogen-bond acceptors (Lipinski definition) is 3. The Bertz CT molecular complexity index is 800. The van der Waals surface area contributed by atoms with Gasteiger partial charge in [0.05, 0.1) is 0 Å². The van der Waals surface area contributed by atoms with Crippen molar-refractivity contribution in [2.24, 2.45) is 0 Å². The molecule has 0 aliphatic heterocycles. The molecule has 0 saturated carbocycles. The third-order valence-corrected chi connectivity index (χ3v) is 6.80. The number of hydrogen-bond donors (Lipinski definition) is 1. The molecule has 1 aromatic heterocycles. The van der Waals surface area contributed by atoms with Crippen LogP contribution in [0.4, 0.5) is 0 Å². The Balaban J connectivity index is 2.21. The van der Waals surface area contributed by atoms with Gasteiger partial charge < -0.3 is 14.2 Å². The molecule has 4 nitrogen and oxygen atoms in total. The molecule has 0 amide bonds. The van der Waals surface area contributed by atoms with Crippen molar-refractivity contribution in [2.45, 2.75) is 5.85 Å². The third-order valence-electron chi connectivity index (χ3n) is 3.75. The molecule has 1 atom stereocenters. The van der Waals surface area contributed by atoms with Crippen LogP contribution in [-0.2, 0) is 4.57 Å². The highest BCUT2D eigenvalue weighted by Crippen LogP contribution is 2.55. The maximum atomic E-state index is 13.9. The quantitative estimate of drug-likeness (QED) is 0.734. The van der Waals surface area contributed by atoms with Crippen molar-refractivity contribution < 1.29 is 9.67 Å². The second kappa shape index (κ2) is 6.37. The Hall–Kier alpha value is -2.42. The predicted molar refractivity (Wildman–Crippen MR) is 93.3 cm³/mol. The van der Waals surface area contributed by atoms with Gasteiger partial charge in [-0.25, -0.2) is 4.98 Å². The van der Waals surface area contributed by atoms with Crippen LogP contribution in [0.2, 0.25) is 0 Å². The van der Waals surface area contributed by atoms with E-state index in [0.29, 0.717) is 16.4 Å². The summed E-state index contributed by atoms with van der Waals surface area (Å²) in [7, 11) is -3.32. The number of aromatic nitrogens is 2. The lowest BCUT2D eigenvalue weighted by molar-refractivity contribution is 0.245. The largest absolute Gasteiger partial charge is 0.377 e. The number of nitrogens with zero attached hydrogens (tertiary/aromatic N) is 2. The first-order valence-electron chi connectivity index (χ1n) is 7.22. The van der Waals surface area contributed by atoms with Gasteiger partial charge in [-0.2, -0.15) is 0 Å². The highest BCUT2D eigenvalue weighted by atomic mass is 31.2. The molecular weight excluding hydrogens is 307 g/mol. The Labute approximate surface area is 135 Å². The Kier molecular flexibility index (Phi) is 4.28. The first kappa shape index (κ1) is 15.5. The topological polar surface area (TPSA) is 55.1 Å². The van der Waals surface area contributed by atoms with Gasteiger partial charge in [-0.05, 0) is 0 Å². The van der Waals surface area contributed by atoms with Crippen LogP contribution in [0.15, 0.2) is 79.6 Å². The summed E-state index contributed by atoms with van der Waals surface area (Å²) < 4.78 is 15.5. The SMILES string of the molecule is C=Cn1ccnc1C(O)P(=O)(c1ccccc1)c1ccccc1. The van der Waals surface area contributed by atoms with Crippen LogP contribution in [0.3, 0.4) is 0 Å². The minimum absolute atomic E-state index is 0.316. The van der Waals surface area contributed by atoms with Crippen LogP contribution in [0.1, 0.15) is 11.7 Å². The highest BCUT2D eigenvalue weighted by molar-refractivity contribution is 7.78. The molecule has 0 spiro atoms. The molecule has 5 heteroatoms. The molecule has 2 aromatic carbocycles. The molecule has 0 bridgehead atoms. The van der Waals surface area contributed by atoms with Crippen LogP contribution in [0.5, 0.6) is 0 Å². The van der Waals surface area contributed by atoms with Crippen LogP contribution < -0.4 is 10.6 Å². The zero-order chi connectivity index (χ0) is 16.3. The number of aliphatic hydroxyl groups excluding tert-OH is 1. The number of rotatable bonds is 5. The van der Waals surface area contributed by atoms with Gasteiger partial charge in [0.25, 0.3) is 0 Å². The van der Waals surface area contributed by atoms with Crippen LogP contribution >= 0.6 is 7.14 Å². The van der Waals surface area contributed by atoms with Crippen molar-refractivity contribution in [3.63, 3.8) is 0 Å². The van der Waals surface area contributed by atoms with Crippen LogP contribution in [0.25, 0.3) is 6.20 Å². The van der Waals surface area contributed by atoms with Crippen LogP contribution in [-0.4, -0.2) is 14.7 Å². The van der Waals surface area contributed by atoms with E-state index >= 15 is 0 Å². The number of imidazole rings is 1. The van der Waals surface area contributed by atoms with Gasteiger partial charge in [0.1, 0.15) is 5.82 Å².